The van der Waals surface area contributed by atoms with Crippen LogP contribution in [-0.4, -0.2) is 14.3 Å². The van der Waals surface area contributed by atoms with Crippen molar-refractivity contribution in [2.24, 2.45) is 0 Å². The third-order valence-corrected chi connectivity index (χ3v) is 6.39. The van der Waals surface area contributed by atoms with Crippen molar-refractivity contribution in [3.05, 3.63) is 88.4 Å². The Balaban J connectivity index is 1.66. The summed E-state index contributed by atoms with van der Waals surface area (Å²) in [6.07, 6.45) is 0. The molecule has 1 aliphatic rings. The average molecular weight is 450 g/mol. The summed E-state index contributed by atoms with van der Waals surface area (Å²) >= 11 is 5.91. The fraction of sp³-hybridized carbons (Fsp3) is 0.0500. The van der Waals surface area contributed by atoms with E-state index in [0.717, 1.165) is 22.6 Å². The number of nitrogens with one attached hydrogen (secondary N) is 2. The van der Waals surface area contributed by atoms with Crippen molar-refractivity contribution in [3.8, 4) is 0 Å². The SMILES string of the molecule is O=C(Nc1ccc2c(c1)N(S(=O)(=O)c1cccc(Cl)c1)NC2)c1c(F)cccc1F. The average Bonchev–Trinajstić information content (AvgIpc) is 3.12. The Morgan fingerprint density at radius 1 is 1.03 bits per heavy atom. The van der Waals surface area contributed by atoms with Gasteiger partial charge in [-0.15, -0.1) is 0 Å². The van der Waals surface area contributed by atoms with Crippen LogP contribution >= 0.6 is 11.6 Å². The molecule has 0 aliphatic carbocycles. The molecule has 2 N–H and O–H groups in total. The molecule has 30 heavy (non-hydrogen) atoms. The molecule has 3 aromatic carbocycles. The Kier molecular flexibility index (Phi) is 5.19. The zero-order valence-electron chi connectivity index (χ0n) is 15.2. The lowest BCUT2D eigenvalue weighted by Gasteiger charge is -2.20. The number of rotatable bonds is 4. The van der Waals surface area contributed by atoms with E-state index in [-0.39, 0.29) is 27.8 Å². The smallest absolute Gasteiger partial charge is 0.277 e. The van der Waals surface area contributed by atoms with E-state index in [9.17, 15) is 22.0 Å². The molecular formula is C20H14ClF2N3O3S. The quantitative estimate of drug-likeness (QED) is 0.629. The lowest BCUT2D eigenvalue weighted by Crippen LogP contribution is -2.38. The summed E-state index contributed by atoms with van der Waals surface area (Å²) in [4.78, 5) is 12.3. The van der Waals surface area contributed by atoms with Gasteiger partial charge in [0.1, 0.15) is 17.2 Å². The minimum Gasteiger partial charge on any atom is -0.322 e. The highest BCUT2D eigenvalue weighted by Gasteiger charge is 2.31. The van der Waals surface area contributed by atoms with E-state index in [1.165, 1.54) is 30.3 Å². The van der Waals surface area contributed by atoms with Crippen LogP contribution < -0.4 is 15.2 Å². The summed E-state index contributed by atoms with van der Waals surface area (Å²) < 4.78 is 54.7. The molecular weight excluding hydrogens is 436 g/mol. The molecule has 0 spiro atoms. The van der Waals surface area contributed by atoms with Gasteiger partial charge in [0.25, 0.3) is 15.9 Å². The van der Waals surface area contributed by atoms with Crippen molar-refractivity contribution >= 4 is 38.9 Å². The Labute approximate surface area is 176 Å². The molecule has 6 nitrogen and oxygen atoms in total. The van der Waals surface area contributed by atoms with Crippen LogP contribution in [0.5, 0.6) is 0 Å². The van der Waals surface area contributed by atoms with Gasteiger partial charge in [-0.3, -0.25) is 4.79 Å². The molecule has 0 bridgehead atoms. The number of benzene rings is 3. The fourth-order valence-electron chi connectivity index (χ4n) is 3.08. The van der Waals surface area contributed by atoms with Crippen LogP contribution in [0.2, 0.25) is 5.02 Å². The van der Waals surface area contributed by atoms with Gasteiger partial charge in [-0.05, 0) is 48.0 Å². The highest BCUT2D eigenvalue weighted by Crippen LogP contribution is 2.33. The van der Waals surface area contributed by atoms with E-state index >= 15 is 0 Å². The Hall–Kier alpha value is -3.01. The molecule has 0 unspecified atom stereocenters. The van der Waals surface area contributed by atoms with E-state index in [1.807, 2.05) is 0 Å². The van der Waals surface area contributed by atoms with Crippen LogP contribution in [0.25, 0.3) is 0 Å². The highest BCUT2D eigenvalue weighted by molar-refractivity contribution is 7.92. The number of hydrogen-bond donors (Lipinski definition) is 2. The summed E-state index contributed by atoms with van der Waals surface area (Å²) in [7, 11) is -3.98. The van der Waals surface area contributed by atoms with E-state index in [0.29, 0.717) is 5.56 Å². The number of nitrogens with zero attached hydrogens (tertiary/aromatic N) is 1. The maximum Gasteiger partial charge on any atom is 0.277 e. The van der Waals surface area contributed by atoms with Gasteiger partial charge >= 0.3 is 0 Å². The third kappa shape index (κ3) is 3.62. The number of carbonyl (C=O) groups is 1. The first-order valence-corrected chi connectivity index (χ1v) is 10.5. The van der Waals surface area contributed by atoms with Gasteiger partial charge in [0.15, 0.2) is 0 Å². The number of halogens is 3. The molecule has 0 radical (unpaired) electrons. The van der Waals surface area contributed by atoms with Crippen LogP contribution in [0.3, 0.4) is 0 Å². The van der Waals surface area contributed by atoms with Gasteiger partial charge < -0.3 is 5.32 Å². The second-order valence-electron chi connectivity index (χ2n) is 6.46. The summed E-state index contributed by atoms with van der Waals surface area (Å²) in [5.74, 6) is -2.98. The van der Waals surface area contributed by atoms with Crippen molar-refractivity contribution in [1.29, 1.82) is 0 Å². The maximum atomic E-state index is 13.9. The molecule has 0 saturated heterocycles. The van der Waals surface area contributed by atoms with E-state index in [1.54, 1.807) is 12.1 Å². The first-order chi connectivity index (χ1) is 14.3. The minimum absolute atomic E-state index is 0.0155. The molecule has 1 amide bonds. The molecule has 10 heteroatoms. The van der Waals surface area contributed by atoms with E-state index in [4.69, 9.17) is 11.6 Å². The number of hydrazine groups is 1. The van der Waals surface area contributed by atoms with Crippen molar-refractivity contribution in [1.82, 2.24) is 5.43 Å². The first-order valence-electron chi connectivity index (χ1n) is 8.70. The normalized spacial score (nSPS) is 13.2. The molecule has 0 atom stereocenters. The number of hydrogen-bond acceptors (Lipinski definition) is 4. The number of carbonyl (C=O) groups excluding carboxylic acids is 1. The molecule has 0 saturated carbocycles. The van der Waals surface area contributed by atoms with E-state index in [2.05, 4.69) is 10.7 Å². The van der Waals surface area contributed by atoms with Crippen LogP contribution in [-0.2, 0) is 16.6 Å². The standard InChI is InChI=1S/C20H14ClF2N3O3S/c21-13-3-1-4-15(9-13)30(28,29)26-18-10-14(8-7-12(18)11-24-26)25-20(27)19-16(22)5-2-6-17(19)23/h1-10,24H,11H2,(H,25,27). The van der Waals surface area contributed by atoms with Crippen LogP contribution in [0, 0.1) is 11.6 Å². The third-order valence-electron chi connectivity index (χ3n) is 4.50. The van der Waals surface area contributed by atoms with Crippen LogP contribution in [0.1, 0.15) is 15.9 Å². The van der Waals surface area contributed by atoms with Gasteiger partial charge in [-0.2, -0.15) is 12.8 Å². The second-order valence-corrected chi connectivity index (χ2v) is 8.68. The molecule has 0 fully saturated rings. The molecule has 154 valence electrons. The van der Waals surface area contributed by atoms with Crippen molar-refractivity contribution < 1.29 is 22.0 Å². The monoisotopic (exact) mass is 449 g/mol. The minimum atomic E-state index is -3.98. The summed E-state index contributed by atoms with van der Waals surface area (Å²) in [5.41, 5.74) is 3.18. The predicted molar refractivity (Wildman–Crippen MR) is 109 cm³/mol. The van der Waals surface area contributed by atoms with Crippen LogP contribution in [0.4, 0.5) is 20.2 Å². The lowest BCUT2D eigenvalue weighted by atomic mass is 10.1. The zero-order valence-corrected chi connectivity index (χ0v) is 16.8. The summed E-state index contributed by atoms with van der Waals surface area (Å²) in [6, 6.07) is 13.5. The van der Waals surface area contributed by atoms with Crippen molar-refractivity contribution in [2.45, 2.75) is 11.4 Å². The van der Waals surface area contributed by atoms with Gasteiger partial charge in [-0.25, -0.2) is 14.2 Å². The van der Waals surface area contributed by atoms with Crippen molar-refractivity contribution in [2.75, 3.05) is 9.73 Å². The number of sulfonamides is 1. The molecule has 3 aromatic rings. The topological polar surface area (TPSA) is 78.5 Å². The Bertz CT molecular complexity index is 1250. The maximum absolute atomic E-state index is 13.9. The summed E-state index contributed by atoms with van der Waals surface area (Å²) in [6.45, 7) is 0.241. The van der Waals surface area contributed by atoms with Gasteiger partial charge in [0.2, 0.25) is 0 Å². The lowest BCUT2D eigenvalue weighted by molar-refractivity contribution is 0.101. The first kappa shape index (κ1) is 20.3. The van der Waals surface area contributed by atoms with Gasteiger partial charge in [-0.1, -0.05) is 29.8 Å². The van der Waals surface area contributed by atoms with E-state index < -0.39 is 33.1 Å². The van der Waals surface area contributed by atoms with Gasteiger partial charge in [0, 0.05) is 17.3 Å². The highest BCUT2D eigenvalue weighted by atomic mass is 35.5. The van der Waals surface area contributed by atoms with Crippen molar-refractivity contribution in [3.63, 3.8) is 0 Å². The fourth-order valence-corrected chi connectivity index (χ4v) is 4.73. The molecule has 1 heterocycles. The van der Waals surface area contributed by atoms with Crippen LogP contribution in [0.15, 0.2) is 65.6 Å². The number of amides is 1. The number of fused-ring (bicyclic) bond motifs is 1. The largest absolute Gasteiger partial charge is 0.322 e. The second kappa shape index (κ2) is 7.67. The molecule has 1 aliphatic heterocycles. The number of anilines is 2. The Morgan fingerprint density at radius 3 is 2.43 bits per heavy atom. The zero-order chi connectivity index (χ0) is 21.5. The van der Waals surface area contributed by atoms with Gasteiger partial charge in [0.05, 0.1) is 10.6 Å². The predicted octanol–water partition coefficient (Wildman–Crippen LogP) is 4.08. The molecule has 0 aromatic heterocycles. The molecule has 4 rings (SSSR count). The Morgan fingerprint density at radius 2 is 1.73 bits per heavy atom. The summed E-state index contributed by atoms with van der Waals surface area (Å²) in [5, 5.41) is 2.67.